The molecule has 0 aliphatic rings. The van der Waals surface area contributed by atoms with E-state index in [2.05, 4.69) is 0 Å². The fraction of sp³-hybridized carbons (Fsp3) is 0.462. The first kappa shape index (κ1) is 13.2. The number of hydrogen-bond acceptors (Lipinski definition) is 2. The van der Waals surface area contributed by atoms with Crippen LogP contribution in [0.2, 0.25) is 5.02 Å². The molecule has 0 bridgehead atoms. The topological polar surface area (TPSA) is 26.3 Å². The molecule has 88 valence electrons. The van der Waals surface area contributed by atoms with Gasteiger partial charge < -0.3 is 4.74 Å². The van der Waals surface area contributed by atoms with E-state index in [9.17, 15) is 4.79 Å². The van der Waals surface area contributed by atoms with Crippen molar-refractivity contribution < 1.29 is 9.53 Å². The Labute approximate surface area is 102 Å². The fourth-order valence-electron chi connectivity index (χ4n) is 1.62. The highest BCUT2D eigenvalue weighted by Crippen LogP contribution is 2.25. The van der Waals surface area contributed by atoms with Gasteiger partial charge >= 0.3 is 0 Å². The lowest BCUT2D eigenvalue weighted by Crippen LogP contribution is -2.36. The maximum Gasteiger partial charge on any atom is 0.192 e. The van der Waals surface area contributed by atoms with E-state index in [0.717, 1.165) is 0 Å². The van der Waals surface area contributed by atoms with E-state index in [1.807, 2.05) is 20.8 Å². The number of Topliss-reactive ketones (excluding diaryl/α,β-unsaturated/α-hetero) is 1. The average molecular weight is 241 g/mol. The van der Waals surface area contributed by atoms with Gasteiger partial charge in [-0.3, -0.25) is 4.79 Å². The van der Waals surface area contributed by atoms with Gasteiger partial charge in [0.25, 0.3) is 0 Å². The van der Waals surface area contributed by atoms with Crippen molar-refractivity contribution in [3.05, 3.63) is 34.9 Å². The zero-order chi connectivity index (χ0) is 12.3. The van der Waals surface area contributed by atoms with Crippen molar-refractivity contribution >= 4 is 17.4 Å². The molecule has 1 aromatic carbocycles. The maximum atomic E-state index is 12.2. The van der Waals surface area contributed by atoms with Crippen molar-refractivity contribution in [2.75, 3.05) is 7.11 Å². The van der Waals surface area contributed by atoms with Gasteiger partial charge in [0.2, 0.25) is 0 Å². The van der Waals surface area contributed by atoms with Gasteiger partial charge in [-0.15, -0.1) is 0 Å². The highest BCUT2D eigenvalue weighted by atomic mass is 35.5. The minimum absolute atomic E-state index is 0.00772. The fourth-order valence-corrected chi connectivity index (χ4v) is 1.75. The number of ketones is 1. The second-order valence-electron chi connectivity index (χ2n) is 4.85. The lowest BCUT2D eigenvalue weighted by atomic mass is 9.84. The third kappa shape index (κ3) is 3.06. The minimum atomic E-state index is -0.436. The van der Waals surface area contributed by atoms with E-state index in [1.54, 1.807) is 31.4 Å². The summed E-state index contributed by atoms with van der Waals surface area (Å²) in [4.78, 5) is 12.2. The second-order valence-corrected chi connectivity index (χ2v) is 5.29. The SMILES string of the molecule is COC(C(=O)c1ccc(Cl)cc1)C(C)(C)C. The van der Waals surface area contributed by atoms with Crippen LogP contribution in [-0.4, -0.2) is 19.0 Å². The molecule has 3 heteroatoms. The molecule has 1 atom stereocenters. The van der Waals surface area contributed by atoms with Crippen LogP contribution in [0.25, 0.3) is 0 Å². The quantitative estimate of drug-likeness (QED) is 0.755. The number of rotatable bonds is 3. The first-order valence-electron chi connectivity index (χ1n) is 5.19. The maximum absolute atomic E-state index is 12.2. The van der Waals surface area contributed by atoms with Crippen LogP contribution in [0.3, 0.4) is 0 Å². The molecular weight excluding hydrogens is 224 g/mol. The first-order chi connectivity index (χ1) is 7.36. The molecule has 0 saturated carbocycles. The van der Waals surface area contributed by atoms with E-state index in [0.29, 0.717) is 10.6 Å². The van der Waals surface area contributed by atoms with Gasteiger partial charge in [0.05, 0.1) is 0 Å². The zero-order valence-electron chi connectivity index (χ0n) is 10.1. The van der Waals surface area contributed by atoms with Gasteiger partial charge in [0.15, 0.2) is 5.78 Å². The number of halogens is 1. The largest absolute Gasteiger partial charge is 0.373 e. The van der Waals surface area contributed by atoms with Crippen molar-refractivity contribution in [3.63, 3.8) is 0 Å². The molecule has 0 heterocycles. The van der Waals surface area contributed by atoms with Crippen molar-refractivity contribution in [1.82, 2.24) is 0 Å². The molecule has 0 spiro atoms. The van der Waals surface area contributed by atoms with Crippen molar-refractivity contribution in [2.45, 2.75) is 26.9 Å². The number of hydrogen-bond donors (Lipinski definition) is 0. The molecule has 2 nitrogen and oxygen atoms in total. The first-order valence-corrected chi connectivity index (χ1v) is 5.56. The normalized spacial score (nSPS) is 13.6. The summed E-state index contributed by atoms with van der Waals surface area (Å²) in [6.07, 6.45) is -0.436. The van der Waals surface area contributed by atoms with Crippen LogP contribution in [0.15, 0.2) is 24.3 Å². The van der Waals surface area contributed by atoms with Crippen LogP contribution >= 0.6 is 11.6 Å². The molecule has 0 amide bonds. The Morgan fingerprint density at radius 1 is 1.25 bits per heavy atom. The summed E-state index contributed by atoms with van der Waals surface area (Å²) in [5.41, 5.74) is 0.414. The molecule has 0 aromatic heterocycles. The smallest absolute Gasteiger partial charge is 0.192 e. The van der Waals surface area contributed by atoms with Gasteiger partial charge in [-0.1, -0.05) is 32.4 Å². The highest BCUT2D eigenvalue weighted by molar-refractivity contribution is 6.30. The van der Waals surface area contributed by atoms with Crippen LogP contribution in [0.1, 0.15) is 31.1 Å². The summed E-state index contributed by atoms with van der Waals surface area (Å²) in [7, 11) is 1.56. The number of carbonyl (C=O) groups is 1. The Hall–Kier alpha value is -0.860. The molecule has 0 radical (unpaired) electrons. The Bertz CT molecular complexity index is 363. The lowest BCUT2D eigenvalue weighted by molar-refractivity contribution is 0.0196. The molecular formula is C13H17ClO2. The molecule has 1 aromatic rings. The molecule has 16 heavy (non-hydrogen) atoms. The highest BCUT2D eigenvalue weighted by Gasteiger charge is 2.31. The van der Waals surface area contributed by atoms with E-state index in [-0.39, 0.29) is 11.2 Å². The van der Waals surface area contributed by atoms with E-state index < -0.39 is 6.10 Å². The van der Waals surface area contributed by atoms with E-state index in [4.69, 9.17) is 16.3 Å². The van der Waals surface area contributed by atoms with Crippen LogP contribution < -0.4 is 0 Å². The predicted molar refractivity (Wildman–Crippen MR) is 66.0 cm³/mol. The molecule has 1 rings (SSSR count). The van der Waals surface area contributed by atoms with Crippen LogP contribution in [-0.2, 0) is 4.74 Å². The standard InChI is InChI=1S/C13H17ClO2/c1-13(2,3)12(16-4)11(15)9-5-7-10(14)8-6-9/h5-8,12H,1-4H3. The molecule has 1 unspecified atom stereocenters. The van der Waals surface area contributed by atoms with Gasteiger partial charge in [-0.25, -0.2) is 0 Å². The summed E-state index contributed by atoms with van der Waals surface area (Å²) < 4.78 is 5.28. The molecule has 0 aliphatic carbocycles. The number of carbonyl (C=O) groups excluding carboxylic acids is 1. The summed E-state index contributed by atoms with van der Waals surface area (Å²) in [6, 6.07) is 6.87. The summed E-state index contributed by atoms with van der Waals surface area (Å²) in [5, 5.41) is 0.626. The number of methoxy groups -OCH3 is 1. The Morgan fingerprint density at radius 2 is 1.75 bits per heavy atom. The number of ether oxygens (including phenoxy) is 1. The average Bonchev–Trinajstić information content (AvgIpc) is 2.17. The molecule has 0 N–H and O–H groups in total. The molecule has 0 aliphatic heterocycles. The zero-order valence-corrected chi connectivity index (χ0v) is 10.8. The molecule has 0 saturated heterocycles. The van der Waals surface area contributed by atoms with Gasteiger partial charge in [-0.2, -0.15) is 0 Å². The summed E-state index contributed by atoms with van der Waals surface area (Å²) in [6.45, 7) is 5.94. The van der Waals surface area contributed by atoms with Gasteiger partial charge in [0, 0.05) is 17.7 Å². The second kappa shape index (κ2) is 4.98. The van der Waals surface area contributed by atoms with Crippen molar-refractivity contribution in [1.29, 1.82) is 0 Å². The number of benzene rings is 1. The van der Waals surface area contributed by atoms with E-state index >= 15 is 0 Å². The third-order valence-electron chi connectivity index (χ3n) is 2.39. The van der Waals surface area contributed by atoms with Crippen LogP contribution in [0.5, 0.6) is 0 Å². The van der Waals surface area contributed by atoms with Crippen LogP contribution in [0, 0.1) is 5.41 Å². The Kier molecular flexibility index (Phi) is 4.11. The summed E-state index contributed by atoms with van der Waals surface area (Å²) in [5.74, 6) is -0.00772. The van der Waals surface area contributed by atoms with Crippen molar-refractivity contribution in [3.8, 4) is 0 Å². The molecule has 0 fully saturated rings. The van der Waals surface area contributed by atoms with Crippen LogP contribution in [0.4, 0.5) is 0 Å². The Balaban J connectivity index is 2.96. The third-order valence-corrected chi connectivity index (χ3v) is 2.64. The lowest BCUT2D eigenvalue weighted by Gasteiger charge is -2.28. The Morgan fingerprint density at radius 3 is 2.12 bits per heavy atom. The van der Waals surface area contributed by atoms with Gasteiger partial charge in [0.1, 0.15) is 6.10 Å². The summed E-state index contributed by atoms with van der Waals surface area (Å²) >= 11 is 5.78. The monoisotopic (exact) mass is 240 g/mol. The van der Waals surface area contributed by atoms with E-state index in [1.165, 1.54) is 0 Å². The van der Waals surface area contributed by atoms with Crippen molar-refractivity contribution in [2.24, 2.45) is 5.41 Å². The predicted octanol–water partition coefficient (Wildman–Crippen LogP) is 3.58. The minimum Gasteiger partial charge on any atom is -0.373 e. The van der Waals surface area contributed by atoms with Gasteiger partial charge in [-0.05, 0) is 29.7 Å².